The Morgan fingerprint density at radius 1 is 1.06 bits per heavy atom. The van der Waals surface area contributed by atoms with Crippen LogP contribution in [0.1, 0.15) is 20.8 Å². The molecule has 0 radical (unpaired) electrons. The van der Waals surface area contributed by atoms with Crippen molar-refractivity contribution >= 4 is 68.8 Å². The molecule has 0 saturated carbocycles. The second-order valence-corrected chi connectivity index (χ2v) is 8.90. The number of aromatic nitrogens is 1. The Kier molecular flexibility index (Phi) is 8.10. The summed E-state index contributed by atoms with van der Waals surface area (Å²) in [6.45, 7) is -0.539. The molecule has 3 aromatic rings. The second kappa shape index (κ2) is 10.6. The number of rotatable bonds is 7. The number of likely N-dealkylation sites (N-methyl/N-ethyl adjacent to an activating group) is 1. The van der Waals surface area contributed by atoms with Gasteiger partial charge in [-0.25, -0.2) is 4.98 Å². The molecule has 1 unspecified atom stereocenters. The van der Waals surface area contributed by atoms with Crippen molar-refractivity contribution < 1.29 is 19.8 Å². The molecule has 1 heterocycles. The fourth-order valence-corrected chi connectivity index (χ4v) is 4.24. The van der Waals surface area contributed by atoms with Gasteiger partial charge in [0, 0.05) is 29.0 Å². The molecule has 0 fully saturated rings. The molecule has 11 heteroatoms. The number of aliphatic hydroxyl groups excluding tert-OH is 2. The molecule has 0 spiro atoms. The summed E-state index contributed by atoms with van der Waals surface area (Å²) in [6, 6.07) is 11.1. The molecule has 2 aromatic carbocycles. The van der Waals surface area contributed by atoms with Gasteiger partial charge in [0.25, 0.3) is 11.8 Å². The van der Waals surface area contributed by atoms with E-state index in [1.807, 2.05) is 0 Å². The van der Waals surface area contributed by atoms with Gasteiger partial charge in [-0.3, -0.25) is 14.5 Å². The highest BCUT2D eigenvalue weighted by molar-refractivity contribution is 7.14. The van der Waals surface area contributed by atoms with Crippen molar-refractivity contribution in [1.82, 2.24) is 9.88 Å². The predicted molar refractivity (Wildman–Crippen MR) is 127 cm³/mol. The Morgan fingerprint density at radius 3 is 2.34 bits per heavy atom. The van der Waals surface area contributed by atoms with E-state index >= 15 is 0 Å². The first kappa shape index (κ1) is 24.4. The number of carbonyl (C=O) groups is 2. The summed E-state index contributed by atoms with van der Waals surface area (Å²) in [5, 5.41) is 21.4. The zero-order valence-corrected chi connectivity index (χ0v) is 19.8. The number of halogens is 3. The van der Waals surface area contributed by atoms with Crippen LogP contribution in [0.2, 0.25) is 15.1 Å². The summed E-state index contributed by atoms with van der Waals surface area (Å²) in [5.74, 6) is -0.931. The highest BCUT2D eigenvalue weighted by Gasteiger charge is 2.26. The molecule has 0 bridgehead atoms. The minimum atomic E-state index is -1.07. The lowest BCUT2D eigenvalue weighted by molar-refractivity contribution is 0.0517. The number of benzene rings is 2. The molecule has 0 saturated heterocycles. The molecule has 1 atom stereocenters. The molecular weight excluding hydrogens is 497 g/mol. The average molecular weight is 515 g/mol. The first-order chi connectivity index (χ1) is 15.2. The third-order valence-electron chi connectivity index (χ3n) is 4.39. The van der Waals surface area contributed by atoms with E-state index in [1.54, 1.807) is 30.3 Å². The van der Waals surface area contributed by atoms with E-state index in [0.717, 1.165) is 11.3 Å². The van der Waals surface area contributed by atoms with Gasteiger partial charge < -0.3 is 15.1 Å². The average Bonchev–Trinajstić information content (AvgIpc) is 3.24. The van der Waals surface area contributed by atoms with Crippen molar-refractivity contribution in [1.29, 1.82) is 0 Å². The summed E-state index contributed by atoms with van der Waals surface area (Å²) in [4.78, 5) is 33.0. The van der Waals surface area contributed by atoms with Gasteiger partial charge in [0.1, 0.15) is 5.69 Å². The lowest BCUT2D eigenvalue weighted by atomic mass is 10.2. The molecule has 0 aliphatic rings. The van der Waals surface area contributed by atoms with Crippen molar-refractivity contribution in [3.63, 3.8) is 0 Å². The van der Waals surface area contributed by atoms with Gasteiger partial charge in [-0.1, -0.05) is 34.8 Å². The normalized spacial score (nSPS) is 11.8. The zero-order chi connectivity index (χ0) is 23.4. The second-order valence-electron chi connectivity index (χ2n) is 6.78. The molecule has 0 aliphatic carbocycles. The molecule has 168 valence electrons. The Balaban J connectivity index is 1.99. The lowest BCUT2D eigenvalue weighted by Crippen LogP contribution is -2.36. The Bertz CT molecular complexity index is 1120. The van der Waals surface area contributed by atoms with Gasteiger partial charge >= 0.3 is 0 Å². The number of anilines is 2. The van der Waals surface area contributed by atoms with Gasteiger partial charge in [-0.2, -0.15) is 0 Å². The standard InChI is InChI=1S/C21H18Cl3N3O4S/c1-26(9-15(29)10-28)20(31)18-11-32-21(25-18)27(14-5-2-12(22)3-6-14)19(30)16-7-4-13(23)8-17(16)24/h2-8,11,15,28-29H,9-10H2,1H3. The van der Waals surface area contributed by atoms with Crippen LogP contribution in [0.4, 0.5) is 10.8 Å². The highest BCUT2D eigenvalue weighted by atomic mass is 35.5. The summed E-state index contributed by atoms with van der Waals surface area (Å²) in [6.07, 6.45) is -1.07. The number of thiazole rings is 1. The fraction of sp³-hybridized carbons (Fsp3) is 0.190. The molecule has 7 nitrogen and oxygen atoms in total. The number of nitrogens with zero attached hydrogens (tertiary/aromatic N) is 3. The van der Waals surface area contributed by atoms with Crippen LogP contribution in [0, 0.1) is 0 Å². The number of carbonyl (C=O) groups excluding carboxylic acids is 2. The molecule has 0 aliphatic heterocycles. The topological polar surface area (TPSA) is 94.0 Å². The van der Waals surface area contributed by atoms with E-state index in [0.29, 0.717) is 15.7 Å². The summed E-state index contributed by atoms with van der Waals surface area (Å²) >= 11 is 19.3. The van der Waals surface area contributed by atoms with Crippen molar-refractivity contribution in [2.75, 3.05) is 25.1 Å². The quantitative estimate of drug-likeness (QED) is 0.484. The third kappa shape index (κ3) is 5.58. The van der Waals surface area contributed by atoms with E-state index in [-0.39, 0.29) is 28.0 Å². The Hall–Kier alpha value is -2.20. The Morgan fingerprint density at radius 2 is 1.72 bits per heavy atom. The maximum Gasteiger partial charge on any atom is 0.273 e. The van der Waals surface area contributed by atoms with Crippen LogP contribution < -0.4 is 4.90 Å². The monoisotopic (exact) mass is 513 g/mol. The van der Waals surface area contributed by atoms with Crippen LogP contribution in [0.25, 0.3) is 0 Å². The minimum absolute atomic E-state index is 0.0671. The van der Waals surface area contributed by atoms with Gasteiger partial charge in [-0.15, -0.1) is 11.3 Å². The van der Waals surface area contributed by atoms with Crippen LogP contribution in [0.5, 0.6) is 0 Å². The third-order valence-corrected chi connectivity index (χ3v) is 6.02. The summed E-state index contributed by atoms with van der Waals surface area (Å²) in [7, 11) is 1.48. The van der Waals surface area contributed by atoms with E-state index < -0.39 is 24.5 Å². The fourth-order valence-electron chi connectivity index (χ4n) is 2.81. The molecular formula is C21H18Cl3N3O4S. The van der Waals surface area contributed by atoms with Gasteiger partial charge in [0.15, 0.2) is 5.13 Å². The number of aliphatic hydroxyl groups is 2. The van der Waals surface area contributed by atoms with Crippen LogP contribution in [-0.2, 0) is 0 Å². The zero-order valence-electron chi connectivity index (χ0n) is 16.7. The van der Waals surface area contributed by atoms with Crippen LogP contribution in [0.3, 0.4) is 0 Å². The first-order valence-electron chi connectivity index (χ1n) is 9.26. The summed E-state index contributed by atoms with van der Waals surface area (Å²) < 4.78 is 0. The van der Waals surface area contributed by atoms with E-state index in [9.17, 15) is 14.7 Å². The van der Waals surface area contributed by atoms with Crippen molar-refractivity contribution in [2.24, 2.45) is 0 Å². The highest BCUT2D eigenvalue weighted by Crippen LogP contribution is 2.33. The van der Waals surface area contributed by atoms with Crippen molar-refractivity contribution in [2.45, 2.75) is 6.10 Å². The molecule has 2 amide bonds. The van der Waals surface area contributed by atoms with Crippen molar-refractivity contribution in [3.05, 3.63) is 74.2 Å². The molecule has 32 heavy (non-hydrogen) atoms. The van der Waals surface area contributed by atoms with Crippen LogP contribution >= 0.6 is 46.1 Å². The van der Waals surface area contributed by atoms with E-state index in [1.165, 1.54) is 34.4 Å². The van der Waals surface area contributed by atoms with E-state index in [4.69, 9.17) is 39.9 Å². The number of hydrogen-bond acceptors (Lipinski definition) is 6. The lowest BCUT2D eigenvalue weighted by Gasteiger charge is -2.21. The van der Waals surface area contributed by atoms with Gasteiger partial charge in [0.2, 0.25) is 0 Å². The van der Waals surface area contributed by atoms with Crippen LogP contribution in [-0.4, -0.2) is 58.2 Å². The van der Waals surface area contributed by atoms with Gasteiger partial charge in [0.05, 0.1) is 29.0 Å². The largest absolute Gasteiger partial charge is 0.394 e. The molecule has 1 aromatic heterocycles. The van der Waals surface area contributed by atoms with E-state index in [2.05, 4.69) is 4.98 Å². The predicted octanol–water partition coefficient (Wildman–Crippen LogP) is 4.51. The minimum Gasteiger partial charge on any atom is -0.394 e. The SMILES string of the molecule is CN(CC(O)CO)C(=O)c1csc(N(C(=O)c2ccc(Cl)cc2Cl)c2ccc(Cl)cc2)n1. The smallest absolute Gasteiger partial charge is 0.273 e. The Labute approximate surface area is 203 Å². The summed E-state index contributed by atoms with van der Waals surface area (Å²) in [5.41, 5.74) is 0.770. The maximum absolute atomic E-state index is 13.4. The number of hydrogen-bond donors (Lipinski definition) is 2. The first-order valence-corrected chi connectivity index (χ1v) is 11.3. The van der Waals surface area contributed by atoms with Crippen molar-refractivity contribution in [3.8, 4) is 0 Å². The van der Waals surface area contributed by atoms with Crippen LogP contribution in [0.15, 0.2) is 47.8 Å². The molecule has 2 N–H and O–H groups in total. The molecule has 3 rings (SSSR count). The van der Waals surface area contributed by atoms with Gasteiger partial charge in [-0.05, 0) is 42.5 Å². The number of amides is 2. The maximum atomic E-state index is 13.4.